The summed E-state index contributed by atoms with van der Waals surface area (Å²) in [7, 11) is 1.53. The molecule has 0 fully saturated rings. The summed E-state index contributed by atoms with van der Waals surface area (Å²) in [6, 6.07) is 16.9. The highest BCUT2D eigenvalue weighted by molar-refractivity contribution is 6.32. The fraction of sp³-hybridized carbons (Fsp3) is 0.167. The Labute approximate surface area is 184 Å². The quantitative estimate of drug-likeness (QED) is 0.306. The van der Waals surface area contributed by atoms with Crippen LogP contribution in [0.4, 0.5) is 0 Å². The van der Waals surface area contributed by atoms with Gasteiger partial charge in [0.05, 0.1) is 24.5 Å². The van der Waals surface area contributed by atoms with E-state index in [2.05, 4.69) is 10.5 Å². The molecule has 4 rings (SSSR count). The third kappa shape index (κ3) is 4.34. The molecule has 7 heteroatoms. The van der Waals surface area contributed by atoms with Gasteiger partial charge in [-0.15, -0.1) is 0 Å². The van der Waals surface area contributed by atoms with E-state index in [4.69, 9.17) is 25.5 Å². The Morgan fingerprint density at radius 2 is 1.94 bits per heavy atom. The minimum Gasteiger partial charge on any atom is -0.493 e. The summed E-state index contributed by atoms with van der Waals surface area (Å²) < 4.78 is 16.8. The molecule has 1 aromatic heterocycles. The van der Waals surface area contributed by atoms with Gasteiger partial charge in [-0.3, -0.25) is 4.79 Å². The third-order valence-electron chi connectivity index (χ3n) is 4.63. The van der Waals surface area contributed by atoms with E-state index in [0.29, 0.717) is 27.7 Å². The lowest BCUT2D eigenvalue weighted by atomic mass is 10.1. The van der Waals surface area contributed by atoms with Crippen molar-refractivity contribution in [3.05, 3.63) is 70.9 Å². The maximum atomic E-state index is 12.5. The Morgan fingerprint density at radius 1 is 1.13 bits per heavy atom. The van der Waals surface area contributed by atoms with E-state index in [1.165, 1.54) is 13.3 Å². The first-order valence-corrected chi connectivity index (χ1v) is 10.1. The number of hydrogen-bond donors (Lipinski definition) is 1. The molecule has 0 saturated carbocycles. The number of carbonyl (C=O) groups excluding carboxylic acids is 1. The summed E-state index contributed by atoms with van der Waals surface area (Å²) >= 11 is 6.32. The molecule has 1 N–H and O–H groups in total. The Morgan fingerprint density at radius 3 is 2.71 bits per heavy atom. The molecule has 0 spiro atoms. The van der Waals surface area contributed by atoms with Crippen molar-refractivity contribution in [3.8, 4) is 11.5 Å². The lowest BCUT2D eigenvalue weighted by Crippen LogP contribution is -2.16. The van der Waals surface area contributed by atoms with Crippen molar-refractivity contribution in [2.45, 2.75) is 20.0 Å². The average Bonchev–Trinajstić information content (AvgIpc) is 3.20. The van der Waals surface area contributed by atoms with Crippen LogP contribution in [-0.2, 0) is 0 Å². The maximum Gasteiger partial charge on any atom is 0.307 e. The number of amides is 1. The number of methoxy groups -OCH3 is 1. The van der Waals surface area contributed by atoms with Gasteiger partial charge in [0.25, 0.3) is 0 Å². The summed E-state index contributed by atoms with van der Waals surface area (Å²) in [5, 5.41) is 7.40. The van der Waals surface area contributed by atoms with E-state index in [-0.39, 0.29) is 11.9 Å². The van der Waals surface area contributed by atoms with E-state index < -0.39 is 5.91 Å². The molecule has 4 aromatic rings. The summed E-state index contributed by atoms with van der Waals surface area (Å²) in [6.45, 7) is 3.81. The van der Waals surface area contributed by atoms with Crippen LogP contribution >= 0.6 is 11.6 Å². The molecule has 158 valence electrons. The Hall–Kier alpha value is -3.51. The van der Waals surface area contributed by atoms with Crippen molar-refractivity contribution in [1.29, 1.82) is 0 Å². The summed E-state index contributed by atoms with van der Waals surface area (Å²) in [5.41, 5.74) is 3.77. The highest BCUT2D eigenvalue weighted by Gasteiger charge is 2.15. The second-order valence-electron chi connectivity index (χ2n) is 7.21. The van der Waals surface area contributed by atoms with Crippen LogP contribution < -0.4 is 14.9 Å². The number of ether oxygens (including phenoxy) is 2. The highest BCUT2D eigenvalue weighted by atomic mass is 35.5. The first kappa shape index (κ1) is 20.8. The van der Waals surface area contributed by atoms with Gasteiger partial charge in [-0.2, -0.15) is 5.10 Å². The number of nitrogens with zero attached hydrogens (tertiary/aromatic N) is 1. The smallest absolute Gasteiger partial charge is 0.307 e. The number of halogens is 1. The van der Waals surface area contributed by atoms with Crippen molar-refractivity contribution in [3.63, 3.8) is 0 Å². The number of carbonyl (C=O) groups is 1. The van der Waals surface area contributed by atoms with Gasteiger partial charge in [0, 0.05) is 5.39 Å². The van der Waals surface area contributed by atoms with Crippen molar-refractivity contribution in [1.82, 2.24) is 5.43 Å². The van der Waals surface area contributed by atoms with Crippen molar-refractivity contribution < 1.29 is 18.7 Å². The normalized spacial score (nSPS) is 11.5. The van der Waals surface area contributed by atoms with Crippen molar-refractivity contribution in [2.75, 3.05) is 7.11 Å². The van der Waals surface area contributed by atoms with Gasteiger partial charge in [-0.05, 0) is 54.4 Å². The van der Waals surface area contributed by atoms with Gasteiger partial charge in [0.1, 0.15) is 5.58 Å². The predicted octanol–water partition coefficient (Wildman–Crippen LogP) is 5.80. The lowest BCUT2D eigenvalue weighted by Gasteiger charge is -2.15. The number of hydrazone groups is 1. The molecule has 0 bridgehead atoms. The van der Waals surface area contributed by atoms with Gasteiger partial charge in [0.15, 0.2) is 17.3 Å². The fourth-order valence-corrected chi connectivity index (χ4v) is 3.55. The number of fused-ring (bicyclic) bond motifs is 3. The van der Waals surface area contributed by atoms with Crippen molar-refractivity contribution in [2.24, 2.45) is 5.10 Å². The molecule has 1 amide bonds. The number of rotatable bonds is 6. The standard InChI is InChI=1S/C24H21ClN2O4/c1-14(2)30-23-19(25)10-15(11-21(23)29-3)13-26-27-24(28)22-12-18-17-7-5-4-6-16(17)8-9-20(18)31-22/h4-14H,1-3H3,(H,27,28)/b26-13+. The monoisotopic (exact) mass is 436 g/mol. The summed E-state index contributed by atoms with van der Waals surface area (Å²) in [6.07, 6.45) is 1.43. The molecule has 0 unspecified atom stereocenters. The minimum absolute atomic E-state index is 0.0499. The van der Waals surface area contributed by atoms with Gasteiger partial charge in [-0.25, -0.2) is 5.43 Å². The maximum absolute atomic E-state index is 12.5. The molecule has 6 nitrogen and oxygen atoms in total. The Balaban J connectivity index is 1.53. The van der Waals surface area contributed by atoms with Crippen LogP contribution in [0.3, 0.4) is 0 Å². The van der Waals surface area contributed by atoms with E-state index in [0.717, 1.165) is 16.2 Å². The Bertz CT molecular complexity index is 1290. The zero-order valence-corrected chi connectivity index (χ0v) is 18.1. The average molecular weight is 437 g/mol. The molecule has 1 heterocycles. The van der Waals surface area contributed by atoms with Crippen LogP contribution in [-0.4, -0.2) is 25.3 Å². The van der Waals surface area contributed by atoms with E-state index in [9.17, 15) is 4.79 Å². The second kappa shape index (κ2) is 8.70. The van der Waals surface area contributed by atoms with Crippen LogP contribution in [0, 0.1) is 0 Å². The second-order valence-corrected chi connectivity index (χ2v) is 7.62. The molecule has 0 aliphatic heterocycles. The van der Waals surface area contributed by atoms with Crippen LogP contribution in [0.1, 0.15) is 30.0 Å². The van der Waals surface area contributed by atoms with Gasteiger partial charge in [0.2, 0.25) is 0 Å². The number of furan rings is 1. The van der Waals surface area contributed by atoms with Crippen LogP contribution in [0.5, 0.6) is 11.5 Å². The first-order chi connectivity index (χ1) is 15.0. The van der Waals surface area contributed by atoms with E-state index in [1.54, 1.807) is 18.2 Å². The number of hydrogen-bond acceptors (Lipinski definition) is 5. The summed E-state index contributed by atoms with van der Waals surface area (Å²) in [4.78, 5) is 12.5. The fourth-order valence-electron chi connectivity index (χ4n) is 3.29. The molecular weight excluding hydrogens is 416 g/mol. The van der Waals surface area contributed by atoms with Crippen molar-refractivity contribution >= 4 is 45.5 Å². The molecule has 0 radical (unpaired) electrons. The third-order valence-corrected chi connectivity index (χ3v) is 4.92. The highest BCUT2D eigenvalue weighted by Crippen LogP contribution is 2.36. The zero-order chi connectivity index (χ0) is 22.0. The predicted molar refractivity (Wildman–Crippen MR) is 123 cm³/mol. The van der Waals surface area contributed by atoms with E-state index in [1.807, 2.05) is 50.2 Å². The van der Waals surface area contributed by atoms with Crippen LogP contribution in [0.2, 0.25) is 5.02 Å². The van der Waals surface area contributed by atoms with Gasteiger partial charge >= 0.3 is 5.91 Å². The largest absolute Gasteiger partial charge is 0.493 e. The number of benzene rings is 3. The first-order valence-electron chi connectivity index (χ1n) is 9.75. The molecule has 31 heavy (non-hydrogen) atoms. The topological polar surface area (TPSA) is 73.1 Å². The molecule has 0 aliphatic carbocycles. The van der Waals surface area contributed by atoms with Gasteiger partial charge < -0.3 is 13.9 Å². The Kier molecular flexibility index (Phi) is 5.82. The van der Waals surface area contributed by atoms with Gasteiger partial charge in [-0.1, -0.05) is 41.9 Å². The molecule has 0 aliphatic rings. The molecule has 0 saturated heterocycles. The molecule has 3 aromatic carbocycles. The van der Waals surface area contributed by atoms with Crippen LogP contribution in [0.25, 0.3) is 21.7 Å². The van der Waals surface area contributed by atoms with Crippen LogP contribution in [0.15, 0.2) is 64.1 Å². The SMILES string of the molecule is COc1cc(/C=N/NC(=O)c2cc3c(ccc4ccccc43)o2)cc(Cl)c1OC(C)C. The summed E-state index contributed by atoms with van der Waals surface area (Å²) in [5.74, 6) is 0.683. The van der Waals surface area contributed by atoms with E-state index >= 15 is 0 Å². The minimum atomic E-state index is -0.450. The molecule has 0 atom stereocenters. The lowest BCUT2D eigenvalue weighted by molar-refractivity contribution is 0.0929. The molecular formula is C24H21ClN2O4. The zero-order valence-electron chi connectivity index (χ0n) is 17.3. The number of nitrogens with one attached hydrogen (secondary N) is 1.